The summed E-state index contributed by atoms with van der Waals surface area (Å²) in [5.74, 6) is 0.288. The molecule has 2 heterocycles. The van der Waals surface area contributed by atoms with Gasteiger partial charge in [0.15, 0.2) is 0 Å². The molecule has 0 radical (unpaired) electrons. The molecule has 0 spiro atoms. The van der Waals surface area contributed by atoms with Crippen molar-refractivity contribution in [2.75, 3.05) is 5.32 Å². The van der Waals surface area contributed by atoms with Crippen molar-refractivity contribution in [1.82, 2.24) is 14.8 Å². The molecule has 2 aromatic heterocycles. The van der Waals surface area contributed by atoms with Crippen LogP contribution in [-0.2, 0) is 7.05 Å². The summed E-state index contributed by atoms with van der Waals surface area (Å²) >= 11 is 6.29. The largest absolute Gasteiger partial charge is 0.307 e. The number of nitrogens with one attached hydrogen (secondary N) is 1. The lowest BCUT2D eigenvalue weighted by molar-refractivity contribution is 0.102. The summed E-state index contributed by atoms with van der Waals surface area (Å²) in [7, 11) is 1.78. The first kappa shape index (κ1) is 16.3. The summed E-state index contributed by atoms with van der Waals surface area (Å²) in [5, 5.41) is 8.60. The lowest BCUT2D eigenvalue weighted by Gasteiger charge is -2.08. The number of nitrogens with zero attached hydrogens (tertiary/aromatic N) is 3. The fraction of sp³-hybridized carbons (Fsp3) is 0.0500. The second-order valence-electron chi connectivity index (χ2n) is 5.89. The van der Waals surface area contributed by atoms with E-state index >= 15 is 0 Å². The van der Waals surface area contributed by atoms with Crippen LogP contribution in [0, 0.1) is 0 Å². The van der Waals surface area contributed by atoms with E-state index < -0.39 is 0 Å². The molecule has 0 aliphatic carbocycles. The van der Waals surface area contributed by atoms with Gasteiger partial charge in [0.05, 0.1) is 21.8 Å². The number of aryl methyl sites for hydroxylation is 1. The van der Waals surface area contributed by atoms with Gasteiger partial charge in [-0.2, -0.15) is 5.10 Å². The molecule has 0 aliphatic heterocycles. The van der Waals surface area contributed by atoms with E-state index in [-0.39, 0.29) is 5.91 Å². The van der Waals surface area contributed by atoms with Crippen molar-refractivity contribution in [1.29, 1.82) is 0 Å². The highest BCUT2D eigenvalue weighted by atomic mass is 35.5. The number of hydrogen-bond acceptors (Lipinski definition) is 3. The minimum absolute atomic E-state index is 0.301. The number of halogens is 1. The van der Waals surface area contributed by atoms with Crippen LogP contribution in [0.25, 0.3) is 22.2 Å². The highest BCUT2D eigenvalue weighted by molar-refractivity contribution is 6.35. The number of rotatable bonds is 3. The first-order chi connectivity index (χ1) is 12.6. The summed E-state index contributed by atoms with van der Waals surface area (Å²) in [5.41, 5.74) is 2.86. The molecule has 4 rings (SSSR count). The lowest BCUT2D eigenvalue weighted by atomic mass is 10.1. The van der Waals surface area contributed by atoms with Crippen molar-refractivity contribution >= 4 is 34.2 Å². The Kier molecular flexibility index (Phi) is 4.14. The molecule has 26 heavy (non-hydrogen) atoms. The van der Waals surface area contributed by atoms with Gasteiger partial charge in [-0.3, -0.25) is 14.5 Å². The summed E-state index contributed by atoms with van der Waals surface area (Å²) < 4.78 is 1.63. The Bertz CT molecular complexity index is 1110. The molecule has 0 fully saturated rings. The first-order valence-corrected chi connectivity index (χ1v) is 8.45. The monoisotopic (exact) mass is 362 g/mol. The molecule has 4 aromatic rings. The third kappa shape index (κ3) is 3.05. The molecule has 0 unspecified atom stereocenters. The molecule has 0 saturated heterocycles. The molecule has 5 nitrogen and oxygen atoms in total. The van der Waals surface area contributed by atoms with Gasteiger partial charge in [0.2, 0.25) is 0 Å². The van der Waals surface area contributed by atoms with Crippen LogP contribution in [0.5, 0.6) is 0 Å². The van der Waals surface area contributed by atoms with E-state index in [0.717, 1.165) is 22.2 Å². The van der Waals surface area contributed by atoms with E-state index in [1.807, 2.05) is 48.5 Å². The predicted molar refractivity (Wildman–Crippen MR) is 103 cm³/mol. The molecule has 1 amide bonds. The van der Waals surface area contributed by atoms with Crippen molar-refractivity contribution in [2.45, 2.75) is 0 Å². The Morgan fingerprint density at radius 2 is 1.88 bits per heavy atom. The summed E-state index contributed by atoms with van der Waals surface area (Å²) in [6.07, 6.45) is 1.69. The van der Waals surface area contributed by atoms with Gasteiger partial charge in [-0.25, -0.2) is 0 Å². The van der Waals surface area contributed by atoms with E-state index in [1.54, 1.807) is 30.1 Å². The number of fused-ring (bicyclic) bond motifs is 1. The van der Waals surface area contributed by atoms with Crippen LogP contribution < -0.4 is 5.32 Å². The maximum Gasteiger partial charge on any atom is 0.258 e. The van der Waals surface area contributed by atoms with Crippen molar-refractivity contribution in [3.05, 3.63) is 77.4 Å². The number of carbonyl (C=O) groups excluding carboxylic acids is 1. The number of aromatic nitrogens is 3. The van der Waals surface area contributed by atoms with Gasteiger partial charge in [0.1, 0.15) is 5.82 Å². The third-order valence-electron chi connectivity index (χ3n) is 4.13. The van der Waals surface area contributed by atoms with Crippen molar-refractivity contribution in [3.8, 4) is 11.3 Å². The molecular formula is C20H15ClN4O. The van der Waals surface area contributed by atoms with Crippen molar-refractivity contribution in [2.24, 2.45) is 7.05 Å². The topological polar surface area (TPSA) is 59.8 Å². The van der Waals surface area contributed by atoms with Gasteiger partial charge >= 0.3 is 0 Å². The van der Waals surface area contributed by atoms with E-state index in [4.69, 9.17) is 11.6 Å². The van der Waals surface area contributed by atoms with Crippen LogP contribution in [-0.4, -0.2) is 20.7 Å². The van der Waals surface area contributed by atoms with Gasteiger partial charge in [0.25, 0.3) is 5.91 Å². The first-order valence-electron chi connectivity index (χ1n) is 8.07. The molecular weight excluding hydrogens is 348 g/mol. The highest BCUT2D eigenvalue weighted by Gasteiger charge is 2.15. The molecule has 128 valence electrons. The maximum atomic E-state index is 12.7. The normalized spacial score (nSPS) is 10.8. The smallest absolute Gasteiger partial charge is 0.258 e. The molecule has 0 saturated carbocycles. The second kappa shape index (κ2) is 6.61. The fourth-order valence-electron chi connectivity index (χ4n) is 2.78. The van der Waals surface area contributed by atoms with Gasteiger partial charge in [-0.05, 0) is 18.2 Å². The summed E-state index contributed by atoms with van der Waals surface area (Å²) in [6.45, 7) is 0. The third-order valence-corrected chi connectivity index (χ3v) is 4.44. The van der Waals surface area contributed by atoms with E-state index in [0.29, 0.717) is 16.4 Å². The molecule has 2 aromatic carbocycles. The van der Waals surface area contributed by atoms with Gasteiger partial charge in [0, 0.05) is 30.3 Å². The number of hydrogen-bond donors (Lipinski definition) is 1. The van der Waals surface area contributed by atoms with Crippen LogP contribution >= 0.6 is 11.6 Å². The number of benzene rings is 2. The number of amides is 1. The Morgan fingerprint density at radius 3 is 2.69 bits per heavy atom. The number of pyridine rings is 1. The Morgan fingerprint density at radius 1 is 1.08 bits per heavy atom. The fourth-order valence-corrected chi connectivity index (χ4v) is 3.04. The van der Waals surface area contributed by atoms with Gasteiger partial charge in [-0.1, -0.05) is 48.0 Å². The Labute approximate surface area is 155 Å². The molecule has 0 bridgehead atoms. The molecule has 1 N–H and O–H groups in total. The Hall–Kier alpha value is -3.18. The molecule has 0 atom stereocenters. The SMILES string of the molecule is Cn1nc(-c2ccccc2)cc1NC(=O)c1cc2ncccc2cc1Cl. The minimum Gasteiger partial charge on any atom is -0.307 e. The standard InChI is InChI=1S/C20H15ClN4O/c1-25-19(12-18(24-25)13-6-3-2-4-7-13)23-20(26)15-11-17-14(10-16(15)21)8-5-9-22-17/h2-12H,1H3,(H,23,26). The summed E-state index contributed by atoms with van der Waals surface area (Å²) in [4.78, 5) is 17.0. The van der Waals surface area contributed by atoms with Crippen molar-refractivity contribution < 1.29 is 4.79 Å². The number of carbonyl (C=O) groups is 1. The number of anilines is 1. The predicted octanol–water partition coefficient (Wildman–Crippen LogP) is 4.54. The van der Waals surface area contributed by atoms with E-state index in [9.17, 15) is 4.79 Å². The summed E-state index contributed by atoms with van der Waals surface area (Å²) in [6, 6.07) is 18.8. The zero-order chi connectivity index (χ0) is 18.1. The van der Waals surface area contributed by atoms with Crippen LogP contribution in [0.1, 0.15) is 10.4 Å². The van der Waals surface area contributed by atoms with Gasteiger partial charge in [-0.15, -0.1) is 0 Å². The van der Waals surface area contributed by atoms with Crippen molar-refractivity contribution in [3.63, 3.8) is 0 Å². The zero-order valence-electron chi connectivity index (χ0n) is 14.0. The van der Waals surface area contributed by atoms with E-state index in [2.05, 4.69) is 15.4 Å². The van der Waals surface area contributed by atoms with E-state index in [1.165, 1.54) is 0 Å². The highest BCUT2D eigenvalue weighted by Crippen LogP contribution is 2.25. The second-order valence-corrected chi connectivity index (χ2v) is 6.29. The van der Waals surface area contributed by atoms with Crippen LogP contribution in [0.15, 0.2) is 66.9 Å². The Balaban J connectivity index is 1.65. The zero-order valence-corrected chi connectivity index (χ0v) is 14.7. The quantitative estimate of drug-likeness (QED) is 0.582. The van der Waals surface area contributed by atoms with Gasteiger partial charge < -0.3 is 5.32 Å². The minimum atomic E-state index is -0.301. The maximum absolute atomic E-state index is 12.7. The lowest BCUT2D eigenvalue weighted by Crippen LogP contribution is -2.15. The average molecular weight is 363 g/mol. The van der Waals surface area contributed by atoms with Crippen LogP contribution in [0.3, 0.4) is 0 Å². The van der Waals surface area contributed by atoms with Crippen LogP contribution in [0.2, 0.25) is 5.02 Å². The average Bonchev–Trinajstić information content (AvgIpc) is 3.02. The molecule has 6 heteroatoms. The van der Waals surface area contributed by atoms with Crippen LogP contribution in [0.4, 0.5) is 5.82 Å². The molecule has 0 aliphatic rings.